The summed E-state index contributed by atoms with van der Waals surface area (Å²) in [7, 11) is 0. The summed E-state index contributed by atoms with van der Waals surface area (Å²) in [5, 5.41) is 0. The molecule has 2 aromatic carbocycles. The average Bonchev–Trinajstić information content (AvgIpc) is 3.55. The van der Waals surface area contributed by atoms with Crippen molar-refractivity contribution in [2.75, 3.05) is 13.2 Å². The van der Waals surface area contributed by atoms with E-state index in [2.05, 4.69) is 25.6 Å². The van der Waals surface area contributed by atoms with Crippen LogP contribution in [-0.4, -0.2) is 19.2 Å². The van der Waals surface area contributed by atoms with Gasteiger partial charge in [0.15, 0.2) is 0 Å². The molecule has 3 rings (SSSR count). The molecule has 0 unspecified atom stereocenters. The molecule has 1 aliphatic rings. The number of hydrogen-bond acceptors (Lipinski definition) is 4. The van der Waals surface area contributed by atoms with Gasteiger partial charge in [-0.1, -0.05) is 12.1 Å². The second-order valence-corrected chi connectivity index (χ2v) is 8.22. The van der Waals surface area contributed by atoms with E-state index in [0.29, 0.717) is 23.7 Å². The van der Waals surface area contributed by atoms with Crippen LogP contribution >= 0.6 is 12.4 Å². The van der Waals surface area contributed by atoms with Crippen molar-refractivity contribution >= 4 is 18.4 Å². The Morgan fingerprint density at radius 1 is 1.25 bits per heavy atom. The van der Waals surface area contributed by atoms with E-state index in [1.807, 2.05) is 12.1 Å². The molecule has 0 heterocycles. The van der Waals surface area contributed by atoms with Crippen LogP contribution in [0.5, 0.6) is 5.75 Å². The first-order chi connectivity index (χ1) is 14.8. The van der Waals surface area contributed by atoms with Gasteiger partial charge in [0.2, 0.25) is 0 Å². The van der Waals surface area contributed by atoms with Crippen molar-refractivity contribution in [1.82, 2.24) is 0 Å². The molecule has 6 heteroatoms. The molecule has 0 saturated heterocycles. The maximum atomic E-state index is 14.9. The number of carbonyl (C=O) groups excluding carboxylic acids is 1. The Morgan fingerprint density at radius 2 is 1.97 bits per heavy atom. The fourth-order valence-corrected chi connectivity index (χ4v) is 3.89. The summed E-state index contributed by atoms with van der Waals surface area (Å²) < 4.78 is 26.0. The number of hydrogen-bond donors (Lipinski definition) is 1. The molecule has 0 bridgehead atoms. The van der Waals surface area contributed by atoms with Crippen LogP contribution < -0.4 is 10.5 Å². The van der Waals surface area contributed by atoms with Gasteiger partial charge in [0.25, 0.3) is 0 Å². The highest BCUT2D eigenvalue weighted by atomic mass is 35.5. The van der Waals surface area contributed by atoms with Crippen molar-refractivity contribution in [3.05, 3.63) is 65.0 Å². The van der Waals surface area contributed by atoms with Gasteiger partial charge in [-0.2, -0.15) is 0 Å². The van der Waals surface area contributed by atoms with Gasteiger partial charge < -0.3 is 15.2 Å². The summed E-state index contributed by atoms with van der Waals surface area (Å²) in [6.07, 6.45) is 4.90. The predicted molar refractivity (Wildman–Crippen MR) is 129 cm³/mol. The largest absolute Gasteiger partial charge is 0.493 e. The highest BCUT2D eigenvalue weighted by Gasteiger charge is 2.26. The molecule has 0 aromatic heterocycles. The second-order valence-electron chi connectivity index (χ2n) is 8.22. The highest BCUT2D eigenvalue weighted by Crippen LogP contribution is 2.45. The van der Waals surface area contributed by atoms with Crippen molar-refractivity contribution in [2.24, 2.45) is 5.73 Å². The zero-order chi connectivity index (χ0) is 22.5. The summed E-state index contributed by atoms with van der Waals surface area (Å²) in [4.78, 5) is 11.9. The first-order valence-corrected chi connectivity index (χ1v) is 11.0. The van der Waals surface area contributed by atoms with E-state index in [1.165, 1.54) is 18.4 Å². The van der Waals surface area contributed by atoms with Crippen molar-refractivity contribution in [3.8, 4) is 16.9 Å². The minimum absolute atomic E-state index is 0. The number of esters is 1. The van der Waals surface area contributed by atoms with Crippen LogP contribution in [0.2, 0.25) is 0 Å². The van der Waals surface area contributed by atoms with Crippen LogP contribution in [0, 0.1) is 19.7 Å². The van der Waals surface area contributed by atoms with Gasteiger partial charge >= 0.3 is 5.97 Å². The Labute approximate surface area is 196 Å². The summed E-state index contributed by atoms with van der Waals surface area (Å²) in [5.41, 5.74) is 11.1. The van der Waals surface area contributed by atoms with E-state index < -0.39 is 12.0 Å². The third-order valence-electron chi connectivity index (χ3n) is 5.61. The van der Waals surface area contributed by atoms with E-state index in [-0.39, 0.29) is 31.3 Å². The Balaban J connectivity index is 0.00000363. The molecule has 2 aromatic rings. The van der Waals surface area contributed by atoms with Crippen molar-refractivity contribution in [1.29, 1.82) is 0 Å². The monoisotopic (exact) mass is 461 g/mol. The fraction of sp³-hybridized carbons (Fsp3) is 0.423. The Morgan fingerprint density at radius 3 is 2.59 bits per heavy atom. The first-order valence-electron chi connectivity index (χ1n) is 11.0. The lowest BCUT2D eigenvalue weighted by Gasteiger charge is -2.20. The zero-order valence-corrected chi connectivity index (χ0v) is 19.9. The molecular weight excluding hydrogens is 429 g/mol. The number of halogens is 2. The van der Waals surface area contributed by atoms with Crippen LogP contribution in [0.3, 0.4) is 0 Å². The van der Waals surface area contributed by atoms with Gasteiger partial charge in [0, 0.05) is 17.2 Å². The van der Waals surface area contributed by atoms with E-state index in [9.17, 15) is 9.18 Å². The Bertz CT molecular complexity index is 972. The van der Waals surface area contributed by atoms with Gasteiger partial charge in [-0.05, 0) is 86.4 Å². The number of benzene rings is 2. The van der Waals surface area contributed by atoms with E-state index in [0.717, 1.165) is 28.9 Å². The first kappa shape index (κ1) is 25.9. The van der Waals surface area contributed by atoms with Gasteiger partial charge in [-0.3, -0.25) is 4.79 Å². The second kappa shape index (κ2) is 11.5. The summed E-state index contributed by atoms with van der Waals surface area (Å²) in [6.45, 7) is 10.1. The summed E-state index contributed by atoms with van der Waals surface area (Å²) in [5.74, 6) is 0.565. The molecule has 1 aliphatic carbocycles. The normalized spacial score (nSPS) is 13.8. The molecule has 0 aliphatic heterocycles. The molecule has 1 fully saturated rings. The lowest BCUT2D eigenvalue weighted by Crippen LogP contribution is -2.19. The minimum atomic E-state index is -0.783. The molecule has 174 valence electrons. The zero-order valence-electron chi connectivity index (χ0n) is 19.1. The average molecular weight is 462 g/mol. The van der Waals surface area contributed by atoms with Crippen LogP contribution in [0.15, 0.2) is 36.9 Å². The van der Waals surface area contributed by atoms with E-state index >= 15 is 0 Å². The maximum Gasteiger partial charge on any atom is 0.307 e. The van der Waals surface area contributed by atoms with Gasteiger partial charge in [0.05, 0.1) is 19.6 Å². The molecule has 0 radical (unpaired) electrons. The smallest absolute Gasteiger partial charge is 0.307 e. The van der Waals surface area contributed by atoms with Crippen LogP contribution in [0.25, 0.3) is 11.1 Å². The van der Waals surface area contributed by atoms with Gasteiger partial charge in [0.1, 0.15) is 11.6 Å². The molecule has 1 saturated carbocycles. The van der Waals surface area contributed by atoms with E-state index in [4.69, 9.17) is 15.2 Å². The third-order valence-corrected chi connectivity index (χ3v) is 5.61. The summed E-state index contributed by atoms with van der Waals surface area (Å²) >= 11 is 0. The quantitative estimate of drug-likeness (QED) is 0.255. The highest BCUT2D eigenvalue weighted by molar-refractivity contribution is 5.85. The molecule has 4 nitrogen and oxygen atoms in total. The molecule has 0 amide bonds. The lowest BCUT2D eigenvalue weighted by molar-refractivity contribution is -0.143. The molecule has 1 atom stereocenters. The summed E-state index contributed by atoms with van der Waals surface area (Å²) in [6, 6.07) is 7.08. The van der Waals surface area contributed by atoms with Crippen molar-refractivity contribution < 1.29 is 18.7 Å². The Kier molecular flexibility index (Phi) is 9.29. The van der Waals surface area contributed by atoms with E-state index in [1.54, 1.807) is 19.9 Å². The van der Waals surface area contributed by atoms with Crippen LogP contribution in [0.1, 0.15) is 66.8 Å². The van der Waals surface area contributed by atoms with Crippen molar-refractivity contribution in [2.45, 2.75) is 58.4 Å². The number of ether oxygens (including phenoxy) is 2. The maximum absolute atomic E-state index is 14.9. The molecular formula is C26H33ClFNO3. The SMILES string of the molecule is C=CCCOc1cc(C2CC2)cc(C)c1-c1cc(C)c(F)c([C@@H](N)CC(=O)OCC)c1.Cl. The molecule has 2 N–H and O–H groups in total. The number of aryl methyl sites for hydroxylation is 2. The topological polar surface area (TPSA) is 61.5 Å². The third kappa shape index (κ3) is 6.11. The van der Waals surface area contributed by atoms with Gasteiger partial charge in [-0.15, -0.1) is 19.0 Å². The Hall–Kier alpha value is -2.37. The number of nitrogens with two attached hydrogens (primary N) is 1. The van der Waals surface area contributed by atoms with Crippen LogP contribution in [-0.2, 0) is 9.53 Å². The van der Waals surface area contributed by atoms with Gasteiger partial charge in [-0.25, -0.2) is 4.39 Å². The molecule has 0 spiro atoms. The predicted octanol–water partition coefficient (Wildman–Crippen LogP) is 6.32. The fourth-order valence-electron chi connectivity index (χ4n) is 3.89. The van der Waals surface area contributed by atoms with Crippen LogP contribution in [0.4, 0.5) is 4.39 Å². The lowest BCUT2D eigenvalue weighted by atomic mass is 9.91. The number of carbonyl (C=O) groups is 1. The number of rotatable bonds is 10. The standard InChI is InChI=1S/C26H32FNO3.ClH/c1-5-7-10-31-23-14-19(18-8-9-18)11-16(3)25(23)20-12-17(4)26(27)21(13-20)22(28)15-24(29)30-6-2;/h5,11-14,18,22H,1,6-10,15,28H2,2-4H3;1H/t22-;/m0./s1. The molecule has 32 heavy (non-hydrogen) atoms. The minimum Gasteiger partial charge on any atom is -0.493 e. The van der Waals surface area contributed by atoms with Crippen molar-refractivity contribution in [3.63, 3.8) is 0 Å².